The Hall–Kier alpha value is -1.43. The first-order chi connectivity index (χ1) is 9.94. The summed E-state index contributed by atoms with van der Waals surface area (Å²) >= 11 is 11.5. The van der Waals surface area contributed by atoms with Crippen LogP contribution in [0.15, 0.2) is 48.5 Å². The lowest BCUT2D eigenvalue weighted by Gasteiger charge is -2.09. The first kappa shape index (κ1) is 15.9. The van der Waals surface area contributed by atoms with Gasteiger partial charge in [-0.3, -0.25) is 0 Å². The number of halogens is 2. The third-order valence-corrected chi connectivity index (χ3v) is 3.90. The molecule has 0 saturated heterocycles. The summed E-state index contributed by atoms with van der Waals surface area (Å²) < 4.78 is 34.0. The molecule has 0 heterocycles. The van der Waals surface area contributed by atoms with Gasteiger partial charge in [0, 0.05) is 10.0 Å². The summed E-state index contributed by atoms with van der Waals surface area (Å²) in [6, 6.07) is 12.9. The third kappa shape index (κ3) is 5.46. The molecule has 2 aromatic carbocycles. The number of hydrogen-bond donors (Lipinski definition) is 0. The van der Waals surface area contributed by atoms with Crippen LogP contribution in [0.1, 0.15) is 0 Å². The maximum atomic E-state index is 11.8. The van der Waals surface area contributed by atoms with E-state index in [1.54, 1.807) is 48.5 Å². The zero-order chi connectivity index (χ0) is 15.3. The van der Waals surface area contributed by atoms with Crippen molar-refractivity contribution in [1.82, 2.24) is 0 Å². The highest BCUT2D eigenvalue weighted by atomic mass is 35.5. The molecule has 2 rings (SSSR count). The summed E-state index contributed by atoms with van der Waals surface area (Å²) in [7, 11) is -3.51. The van der Waals surface area contributed by atoms with Gasteiger partial charge in [0.05, 0.1) is 0 Å². The van der Waals surface area contributed by atoms with Gasteiger partial charge in [-0.1, -0.05) is 23.2 Å². The van der Waals surface area contributed by atoms with E-state index in [1.807, 2.05) is 0 Å². The molecular formula is C14H12Cl2O4S. The number of sulfone groups is 1. The average Bonchev–Trinajstić information content (AvgIpc) is 2.46. The quantitative estimate of drug-likeness (QED) is 0.798. The number of benzene rings is 2. The summed E-state index contributed by atoms with van der Waals surface area (Å²) in [6.07, 6.45) is 0. The fourth-order valence-electron chi connectivity index (χ4n) is 1.41. The molecular weight excluding hydrogens is 335 g/mol. The van der Waals surface area contributed by atoms with Crippen molar-refractivity contribution in [3.8, 4) is 11.5 Å². The molecule has 0 N–H and O–H groups in total. The normalized spacial score (nSPS) is 11.1. The second-order valence-electron chi connectivity index (χ2n) is 4.18. The van der Waals surface area contributed by atoms with Crippen LogP contribution in [0.5, 0.6) is 11.5 Å². The van der Waals surface area contributed by atoms with Crippen LogP contribution in [0.2, 0.25) is 10.0 Å². The van der Waals surface area contributed by atoms with E-state index in [1.165, 1.54) is 0 Å². The Morgan fingerprint density at radius 1 is 0.714 bits per heavy atom. The van der Waals surface area contributed by atoms with Crippen molar-refractivity contribution in [3.63, 3.8) is 0 Å². The third-order valence-electron chi connectivity index (χ3n) is 2.44. The largest absolute Gasteiger partial charge is 0.478 e. The molecule has 0 fully saturated rings. The van der Waals surface area contributed by atoms with Gasteiger partial charge in [0.1, 0.15) is 11.5 Å². The molecule has 0 radical (unpaired) electrons. The van der Waals surface area contributed by atoms with Crippen LogP contribution in [-0.2, 0) is 9.84 Å². The van der Waals surface area contributed by atoms with E-state index in [2.05, 4.69) is 0 Å². The SMILES string of the molecule is O=S(=O)(COc1ccc(Cl)cc1)COc1ccc(Cl)cc1. The van der Waals surface area contributed by atoms with Gasteiger partial charge >= 0.3 is 0 Å². The van der Waals surface area contributed by atoms with Gasteiger partial charge in [-0.2, -0.15) is 0 Å². The standard InChI is InChI=1S/C14H12Cl2O4S/c15-11-1-5-13(6-2-11)19-9-21(17,18)10-20-14-7-3-12(16)4-8-14/h1-8H,9-10H2. The van der Waals surface area contributed by atoms with Crippen molar-refractivity contribution >= 4 is 33.0 Å². The van der Waals surface area contributed by atoms with Gasteiger partial charge in [0.2, 0.25) is 9.84 Å². The maximum Gasteiger partial charge on any atom is 0.219 e. The fourth-order valence-corrected chi connectivity index (χ4v) is 2.36. The van der Waals surface area contributed by atoms with E-state index in [4.69, 9.17) is 32.7 Å². The van der Waals surface area contributed by atoms with Crippen molar-refractivity contribution in [3.05, 3.63) is 58.6 Å². The number of ether oxygens (including phenoxy) is 2. The zero-order valence-corrected chi connectivity index (χ0v) is 13.2. The van der Waals surface area contributed by atoms with Gasteiger partial charge in [0.25, 0.3) is 0 Å². The molecule has 7 heteroatoms. The Morgan fingerprint density at radius 3 is 1.38 bits per heavy atom. The van der Waals surface area contributed by atoms with E-state index in [0.29, 0.717) is 21.5 Å². The van der Waals surface area contributed by atoms with Crippen LogP contribution in [0, 0.1) is 0 Å². The molecule has 0 saturated carbocycles. The van der Waals surface area contributed by atoms with Crippen LogP contribution in [0.25, 0.3) is 0 Å². The molecule has 0 atom stereocenters. The monoisotopic (exact) mass is 346 g/mol. The summed E-state index contributed by atoms with van der Waals surface area (Å²) in [4.78, 5) is 0. The first-order valence-electron chi connectivity index (χ1n) is 5.92. The van der Waals surface area contributed by atoms with Crippen molar-refractivity contribution < 1.29 is 17.9 Å². The zero-order valence-electron chi connectivity index (χ0n) is 10.8. The molecule has 0 aliphatic rings. The van der Waals surface area contributed by atoms with E-state index in [-0.39, 0.29) is 0 Å². The molecule has 0 bridgehead atoms. The van der Waals surface area contributed by atoms with Gasteiger partial charge in [-0.25, -0.2) is 8.42 Å². The lowest BCUT2D eigenvalue weighted by atomic mass is 10.3. The molecule has 112 valence electrons. The van der Waals surface area contributed by atoms with Gasteiger partial charge in [-0.05, 0) is 48.5 Å². The van der Waals surface area contributed by atoms with Crippen molar-refractivity contribution in [1.29, 1.82) is 0 Å². The molecule has 21 heavy (non-hydrogen) atoms. The summed E-state index contributed by atoms with van der Waals surface area (Å²) in [5.74, 6) is -0.0892. The van der Waals surface area contributed by atoms with E-state index in [9.17, 15) is 8.42 Å². The molecule has 0 spiro atoms. The second-order valence-corrected chi connectivity index (χ2v) is 7.01. The number of rotatable bonds is 6. The molecule has 2 aromatic rings. The average molecular weight is 347 g/mol. The predicted octanol–water partition coefficient (Wildman–Crippen LogP) is 3.78. The van der Waals surface area contributed by atoms with Gasteiger partial charge in [0.15, 0.2) is 11.9 Å². The molecule has 0 aliphatic carbocycles. The number of hydrogen-bond acceptors (Lipinski definition) is 4. The minimum Gasteiger partial charge on any atom is -0.478 e. The maximum absolute atomic E-state index is 11.8. The van der Waals surface area contributed by atoms with Crippen molar-refractivity contribution in [2.45, 2.75) is 0 Å². The Balaban J connectivity index is 1.87. The predicted molar refractivity (Wildman–Crippen MR) is 82.8 cm³/mol. The van der Waals surface area contributed by atoms with E-state index in [0.717, 1.165) is 0 Å². The van der Waals surface area contributed by atoms with E-state index >= 15 is 0 Å². The van der Waals surface area contributed by atoms with Crippen molar-refractivity contribution in [2.75, 3.05) is 11.9 Å². The highest BCUT2D eigenvalue weighted by Gasteiger charge is 2.13. The van der Waals surface area contributed by atoms with Crippen LogP contribution in [0.4, 0.5) is 0 Å². The fraction of sp³-hybridized carbons (Fsp3) is 0.143. The highest BCUT2D eigenvalue weighted by Crippen LogP contribution is 2.17. The van der Waals surface area contributed by atoms with Crippen molar-refractivity contribution in [2.24, 2.45) is 0 Å². The Morgan fingerprint density at radius 2 is 1.05 bits per heavy atom. The minimum atomic E-state index is -3.51. The van der Waals surface area contributed by atoms with Gasteiger partial charge < -0.3 is 9.47 Å². The summed E-state index contributed by atoms with van der Waals surface area (Å²) in [6.45, 7) is 0. The lowest BCUT2D eigenvalue weighted by Crippen LogP contribution is -2.19. The van der Waals surface area contributed by atoms with Crippen LogP contribution in [0.3, 0.4) is 0 Å². The molecule has 4 nitrogen and oxygen atoms in total. The van der Waals surface area contributed by atoms with Crippen LogP contribution < -0.4 is 9.47 Å². The summed E-state index contributed by atoms with van der Waals surface area (Å²) in [5, 5.41) is 1.10. The molecule has 0 amide bonds. The summed E-state index contributed by atoms with van der Waals surface area (Å²) in [5.41, 5.74) is 0. The topological polar surface area (TPSA) is 52.6 Å². The van der Waals surface area contributed by atoms with E-state index < -0.39 is 21.7 Å². The van der Waals surface area contributed by atoms with Gasteiger partial charge in [-0.15, -0.1) is 0 Å². The Kier molecular flexibility index (Phi) is 5.33. The minimum absolute atomic E-state index is 0.425. The Labute approximate surface area is 133 Å². The first-order valence-corrected chi connectivity index (χ1v) is 8.49. The molecule has 0 aromatic heterocycles. The Bertz CT molecular complexity index is 626. The smallest absolute Gasteiger partial charge is 0.219 e. The van der Waals surface area contributed by atoms with Crippen LogP contribution >= 0.6 is 23.2 Å². The van der Waals surface area contributed by atoms with Crippen LogP contribution in [-0.4, -0.2) is 20.3 Å². The molecule has 0 unspecified atom stereocenters. The lowest BCUT2D eigenvalue weighted by molar-refractivity contribution is 0.347. The highest BCUT2D eigenvalue weighted by molar-refractivity contribution is 7.91. The second kappa shape index (κ2) is 7.02. The molecule has 0 aliphatic heterocycles.